The Morgan fingerprint density at radius 2 is 2.05 bits per heavy atom. The van der Waals surface area contributed by atoms with Crippen LogP contribution in [0.2, 0.25) is 5.15 Å². The van der Waals surface area contributed by atoms with Gasteiger partial charge in [-0.2, -0.15) is 0 Å². The lowest BCUT2D eigenvalue weighted by Crippen LogP contribution is -2.12. The van der Waals surface area contributed by atoms with Gasteiger partial charge < -0.3 is 4.52 Å². The van der Waals surface area contributed by atoms with E-state index in [0.29, 0.717) is 16.1 Å². The van der Waals surface area contributed by atoms with Gasteiger partial charge in [0, 0.05) is 5.39 Å². The first-order chi connectivity index (χ1) is 9.54. The molecule has 0 aliphatic carbocycles. The summed E-state index contributed by atoms with van der Waals surface area (Å²) < 4.78 is 31.3. The zero-order valence-electron chi connectivity index (χ0n) is 9.95. The Morgan fingerprint density at radius 1 is 1.20 bits per heavy atom. The van der Waals surface area contributed by atoms with Crippen LogP contribution in [-0.4, -0.2) is 18.6 Å². The van der Waals surface area contributed by atoms with Crippen molar-refractivity contribution in [3.63, 3.8) is 0 Å². The fraction of sp³-hybridized carbons (Fsp3) is 0. The molecule has 0 amide bonds. The number of nitrogens with zero attached hydrogens (tertiary/aromatic N) is 2. The number of aromatic nitrogens is 2. The summed E-state index contributed by atoms with van der Waals surface area (Å²) in [6.45, 7) is 0. The Balaban J connectivity index is 2.03. The minimum absolute atomic E-state index is 0.121. The van der Waals surface area contributed by atoms with Crippen LogP contribution in [0.1, 0.15) is 0 Å². The third-order valence-corrected chi connectivity index (χ3v) is 4.21. The Labute approximate surface area is 119 Å². The lowest BCUT2D eigenvalue weighted by Gasteiger charge is -2.06. The molecule has 0 saturated heterocycles. The van der Waals surface area contributed by atoms with E-state index in [4.69, 9.17) is 11.6 Å². The number of benzene rings is 1. The van der Waals surface area contributed by atoms with E-state index in [0.717, 1.165) is 0 Å². The van der Waals surface area contributed by atoms with E-state index in [1.165, 1.54) is 24.6 Å². The highest BCUT2D eigenvalue weighted by molar-refractivity contribution is 7.92. The van der Waals surface area contributed by atoms with Crippen LogP contribution < -0.4 is 4.72 Å². The number of hydrogen-bond donors (Lipinski definition) is 1. The number of fused-ring (bicyclic) bond motifs is 1. The van der Waals surface area contributed by atoms with Crippen LogP contribution in [0.15, 0.2) is 52.2 Å². The first-order valence-electron chi connectivity index (χ1n) is 5.53. The molecule has 0 atom stereocenters. The van der Waals surface area contributed by atoms with Gasteiger partial charge in [0.2, 0.25) is 0 Å². The highest BCUT2D eigenvalue weighted by atomic mass is 35.5. The van der Waals surface area contributed by atoms with Gasteiger partial charge in [0.25, 0.3) is 10.0 Å². The maximum atomic E-state index is 12.2. The van der Waals surface area contributed by atoms with E-state index in [1.54, 1.807) is 18.2 Å². The molecule has 0 fully saturated rings. The fourth-order valence-corrected chi connectivity index (χ4v) is 2.93. The lowest BCUT2D eigenvalue weighted by atomic mass is 10.2. The van der Waals surface area contributed by atoms with E-state index in [9.17, 15) is 8.42 Å². The Morgan fingerprint density at radius 3 is 2.80 bits per heavy atom. The van der Waals surface area contributed by atoms with E-state index in [2.05, 4.69) is 19.4 Å². The molecule has 0 aliphatic heterocycles. The quantitative estimate of drug-likeness (QED) is 0.752. The van der Waals surface area contributed by atoms with Crippen LogP contribution in [0.4, 0.5) is 5.69 Å². The molecule has 1 aromatic carbocycles. The average molecular weight is 310 g/mol. The molecule has 102 valence electrons. The molecule has 6 nitrogen and oxygen atoms in total. The van der Waals surface area contributed by atoms with Gasteiger partial charge in [0.05, 0.1) is 16.6 Å². The highest BCUT2D eigenvalue weighted by Gasteiger charge is 2.15. The number of nitrogens with one attached hydrogen (secondary N) is 1. The van der Waals surface area contributed by atoms with Crippen molar-refractivity contribution < 1.29 is 12.9 Å². The molecule has 20 heavy (non-hydrogen) atoms. The monoisotopic (exact) mass is 309 g/mol. The first-order valence-corrected chi connectivity index (χ1v) is 7.39. The zero-order chi connectivity index (χ0) is 14.2. The van der Waals surface area contributed by atoms with Crippen molar-refractivity contribution in [2.75, 3.05) is 4.72 Å². The molecule has 3 aromatic rings. The van der Waals surface area contributed by atoms with Crippen LogP contribution in [-0.2, 0) is 10.0 Å². The van der Waals surface area contributed by atoms with Gasteiger partial charge >= 0.3 is 0 Å². The molecule has 0 aliphatic rings. The molecule has 0 saturated carbocycles. The number of halogens is 1. The van der Waals surface area contributed by atoms with Crippen molar-refractivity contribution in [2.45, 2.75) is 4.90 Å². The van der Waals surface area contributed by atoms with Gasteiger partial charge in [-0.1, -0.05) is 16.8 Å². The molecule has 0 radical (unpaired) electrons. The molecule has 1 N–H and O–H groups in total. The summed E-state index contributed by atoms with van der Waals surface area (Å²) in [6.07, 6.45) is 2.49. The lowest BCUT2D eigenvalue weighted by molar-refractivity contribution is 0.420. The molecule has 0 spiro atoms. The van der Waals surface area contributed by atoms with Crippen molar-refractivity contribution in [1.82, 2.24) is 10.1 Å². The molecule has 8 heteroatoms. The molecular formula is C12H8ClN3O3S. The fourth-order valence-electron chi connectivity index (χ4n) is 1.72. The normalized spacial score (nSPS) is 11.7. The van der Waals surface area contributed by atoms with Crippen molar-refractivity contribution in [1.29, 1.82) is 0 Å². The number of hydrogen-bond acceptors (Lipinski definition) is 5. The largest absolute Gasteiger partial charge is 0.362 e. The maximum Gasteiger partial charge on any atom is 0.262 e. The van der Waals surface area contributed by atoms with Crippen molar-refractivity contribution in [3.05, 3.63) is 47.9 Å². The van der Waals surface area contributed by atoms with Gasteiger partial charge in [0.1, 0.15) is 17.1 Å². The highest BCUT2D eigenvalue weighted by Crippen LogP contribution is 2.21. The van der Waals surface area contributed by atoms with Gasteiger partial charge in [-0.05, 0) is 30.3 Å². The van der Waals surface area contributed by atoms with Crippen molar-refractivity contribution >= 4 is 38.2 Å². The number of pyridine rings is 1. The van der Waals surface area contributed by atoms with Crippen molar-refractivity contribution in [3.8, 4) is 0 Å². The number of anilines is 1. The van der Waals surface area contributed by atoms with Gasteiger partial charge in [-0.25, -0.2) is 13.4 Å². The maximum absolute atomic E-state index is 12.2. The standard InChI is InChI=1S/C12H8ClN3O3S/c13-12-4-1-8-5-10(2-3-11(8)15-12)20(17,18)16-9-6-14-19-7-9/h1-7,16H. The predicted molar refractivity (Wildman–Crippen MR) is 74.1 cm³/mol. The van der Waals surface area contributed by atoms with Crippen LogP contribution in [0.5, 0.6) is 0 Å². The SMILES string of the molecule is O=S(=O)(Nc1cnoc1)c1ccc2nc(Cl)ccc2c1. The van der Waals surface area contributed by atoms with Gasteiger partial charge in [-0.3, -0.25) is 4.72 Å². The molecule has 3 rings (SSSR count). The smallest absolute Gasteiger partial charge is 0.262 e. The Kier molecular flexibility index (Phi) is 3.07. The van der Waals surface area contributed by atoms with E-state index in [-0.39, 0.29) is 10.6 Å². The molecule has 0 bridgehead atoms. The topological polar surface area (TPSA) is 85.1 Å². The Hall–Kier alpha value is -2.12. The minimum atomic E-state index is -3.70. The Bertz CT molecular complexity index is 863. The van der Waals surface area contributed by atoms with Crippen LogP contribution in [0, 0.1) is 0 Å². The number of sulfonamides is 1. The molecule has 2 heterocycles. The molecular weight excluding hydrogens is 302 g/mol. The summed E-state index contributed by atoms with van der Waals surface area (Å²) in [5.41, 5.74) is 0.890. The third kappa shape index (κ3) is 2.45. The predicted octanol–water partition coefficient (Wildman–Crippen LogP) is 2.68. The summed E-state index contributed by atoms with van der Waals surface area (Å²) in [7, 11) is -3.70. The molecule has 0 unspecified atom stereocenters. The van der Waals surface area contributed by atoms with Crippen LogP contribution in [0.3, 0.4) is 0 Å². The van der Waals surface area contributed by atoms with Crippen LogP contribution in [0.25, 0.3) is 10.9 Å². The summed E-state index contributed by atoms with van der Waals surface area (Å²) in [4.78, 5) is 4.22. The first kappa shape index (κ1) is 12.9. The molecule has 2 aromatic heterocycles. The van der Waals surface area contributed by atoms with Crippen molar-refractivity contribution in [2.24, 2.45) is 0 Å². The second kappa shape index (κ2) is 4.77. The average Bonchev–Trinajstić information content (AvgIpc) is 2.90. The van der Waals surface area contributed by atoms with Gasteiger partial charge in [-0.15, -0.1) is 0 Å². The van der Waals surface area contributed by atoms with Crippen LogP contribution >= 0.6 is 11.6 Å². The summed E-state index contributed by atoms with van der Waals surface area (Å²) >= 11 is 5.78. The van der Waals surface area contributed by atoms with Gasteiger partial charge in [0.15, 0.2) is 0 Å². The van der Waals surface area contributed by atoms with E-state index in [1.807, 2.05) is 0 Å². The third-order valence-electron chi connectivity index (χ3n) is 2.62. The summed E-state index contributed by atoms with van der Waals surface area (Å²) in [6, 6.07) is 7.90. The minimum Gasteiger partial charge on any atom is -0.362 e. The summed E-state index contributed by atoms with van der Waals surface area (Å²) in [5, 5.41) is 4.47. The zero-order valence-corrected chi connectivity index (χ0v) is 11.5. The second-order valence-electron chi connectivity index (χ2n) is 4.01. The summed E-state index contributed by atoms with van der Waals surface area (Å²) in [5.74, 6) is 0. The van der Waals surface area contributed by atoms with E-state index >= 15 is 0 Å². The number of rotatable bonds is 3. The van der Waals surface area contributed by atoms with E-state index < -0.39 is 10.0 Å². The second-order valence-corrected chi connectivity index (χ2v) is 6.08.